The van der Waals surface area contributed by atoms with E-state index in [1.165, 1.54) is 0 Å². The molecule has 6 nitrogen and oxygen atoms in total. The number of aryl methyl sites for hydroxylation is 1. The number of rotatable bonds is 5. The Kier molecular flexibility index (Phi) is 5.59. The number of hydrogen-bond donors (Lipinski definition) is 1. The molecule has 1 aromatic carbocycles. The minimum atomic E-state index is 0.00633. The number of nitrogens with one attached hydrogen (secondary N) is 1. The van der Waals surface area contributed by atoms with E-state index in [4.69, 9.17) is 0 Å². The van der Waals surface area contributed by atoms with E-state index in [-0.39, 0.29) is 23.7 Å². The van der Waals surface area contributed by atoms with Gasteiger partial charge in [0, 0.05) is 38.0 Å². The van der Waals surface area contributed by atoms with Crippen molar-refractivity contribution < 1.29 is 9.59 Å². The summed E-state index contributed by atoms with van der Waals surface area (Å²) in [4.78, 5) is 30.9. The lowest BCUT2D eigenvalue weighted by molar-refractivity contribution is -0.138. The lowest BCUT2D eigenvalue weighted by Gasteiger charge is -2.32. The van der Waals surface area contributed by atoms with Gasteiger partial charge in [-0.05, 0) is 31.9 Å². The lowest BCUT2D eigenvalue weighted by atomic mass is 9.95. The Hall–Kier alpha value is -2.37. The number of carbonyl (C=O) groups excluding carboxylic acids is 2. The smallest absolute Gasteiger partial charge is 0.225 e. The number of amides is 2. The molecule has 140 valence electrons. The lowest BCUT2D eigenvalue weighted by Crippen LogP contribution is -2.44. The third-order valence-electron chi connectivity index (χ3n) is 5.15. The van der Waals surface area contributed by atoms with Crippen molar-refractivity contribution in [1.29, 1.82) is 0 Å². The van der Waals surface area contributed by atoms with Crippen molar-refractivity contribution in [3.63, 3.8) is 0 Å². The minimum absolute atomic E-state index is 0.00633. The van der Waals surface area contributed by atoms with E-state index in [2.05, 4.69) is 20.9 Å². The number of hydrogen-bond acceptors (Lipinski definition) is 3. The second kappa shape index (κ2) is 7.89. The molecular weight excluding hydrogens is 328 g/mol. The van der Waals surface area contributed by atoms with Crippen LogP contribution >= 0.6 is 0 Å². The van der Waals surface area contributed by atoms with Crippen LogP contribution in [0.25, 0.3) is 11.0 Å². The van der Waals surface area contributed by atoms with Gasteiger partial charge >= 0.3 is 0 Å². The number of piperidine rings is 1. The number of carbonyl (C=O) groups is 2. The van der Waals surface area contributed by atoms with Crippen LogP contribution in [-0.4, -0.2) is 45.9 Å². The third-order valence-corrected chi connectivity index (χ3v) is 5.15. The van der Waals surface area contributed by atoms with Crippen LogP contribution in [0.5, 0.6) is 0 Å². The standard InChI is InChI=1S/C20H28N4O2/c1-14(2)20(26)23-11-8-16(9-12-23)19(25)21-10-13-24-15(3)22-17-6-4-5-7-18(17)24/h4-7,14,16H,8-13H2,1-3H3,(H,21,25). The summed E-state index contributed by atoms with van der Waals surface area (Å²) in [6.45, 7) is 8.49. The molecule has 0 unspecified atom stereocenters. The Morgan fingerprint density at radius 1 is 1.23 bits per heavy atom. The van der Waals surface area contributed by atoms with Gasteiger partial charge in [0.25, 0.3) is 0 Å². The number of likely N-dealkylation sites (tertiary alicyclic amines) is 1. The van der Waals surface area contributed by atoms with Crippen LogP contribution in [0.1, 0.15) is 32.5 Å². The zero-order valence-corrected chi connectivity index (χ0v) is 15.9. The first kappa shape index (κ1) is 18.4. The van der Waals surface area contributed by atoms with Crippen molar-refractivity contribution in [1.82, 2.24) is 19.8 Å². The molecular formula is C20H28N4O2. The number of benzene rings is 1. The van der Waals surface area contributed by atoms with Crippen molar-refractivity contribution in [3.8, 4) is 0 Å². The summed E-state index contributed by atoms with van der Waals surface area (Å²) in [6.07, 6.45) is 1.49. The zero-order chi connectivity index (χ0) is 18.7. The molecule has 6 heteroatoms. The van der Waals surface area contributed by atoms with Crippen molar-refractivity contribution in [2.24, 2.45) is 11.8 Å². The number of nitrogens with zero attached hydrogens (tertiary/aromatic N) is 3. The third kappa shape index (κ3) is 3.89. The van der Waals surface area contributed by atoms with Crippen molar-refractivity contribution in [2.45, 2.75) is 40.2 Å². The molecule has 0 bridgehead atoms. The summed E-state index contributed by atoms with van der Waals surface area (Å²) in [6, 6.07) is 8.05. The molecule has 0 saturated carbocycles. The van der Waals surface area contributed by atoms with Crippen molar-refractivity contribution in [3.05, 3.63) is 30.1 Å². The molecule has 26 heavy (non-hydrogen) atoms. The van der Waals surface area contributed by atoms with Gasteiger partial charge in [-0.25, -0.2) is 4.98 Å². The molecule has 0 spiro atoms. The molecule has 1 fully saturated rings. The van der Waals surface area contributed by atoms with Gasteiger partial charge in [0.1, 0.15) is 5.82 Å². The highest BCUT2D eigenvalue weighted by atomic mass is 16.2. The fraction of sp³-hybridized carbons (Fsp3) is 0.550. The van der Waals surface area contributed by atoms with E-state index >= 15 is 0 Å². The van der Waals surface area contributed by atoms with Crippen LogP contribution < -0.4 is 5.32 Å². The van der Waals surface area contributed by atoms with E-state index in [1.807, 2.05) is 43.9 Å². The van der Waals surface area contributed by atoms with Crippen LogP contribution in [0.3, 0.4) is 0 Å². The highest BCUT2D eigenvalue weighted by Gasteiger charge is 2.27. The van der Waals surface area contributed by atoms with E-state index in [0.717, 1.165) is 29.7 Å². The first-order valence-corrected chi connectivity index (χ1v) is 9.45. The molecule has 1 aliphatic rings. The van der Waals surface area contributed by atoms with E-state index < -0.39 is 0 Å². The molecule has 2 amide bonds. The number of imidazole rings is 1. The van der Waals surface area contributed by atoms with E-state index in [9.17, 15) is 9.59 Å². The topological polar surface area (TPSA) is 67.2 Å². The van der Waals surface area contributed by atoms with Crippen LogP contribution in [0.4, 0.5) is 0 Å². The summed E-state index contributed by atoms with van der Waals surface area (Å²) in [5.74, 6) is 1.27. The summed E-state index contributed by atoms with van der Waals surface area (Å²) in [5, 5.41) is 3.06. The molecule has 1 N–H and O–H groups in total. The molecule has 3 rings (SSSR count). The van der Waals surface area contributed by atoms with Gasteiger partial charge in [0.15, 0.2) is 0 Å². The van der Waals surface area contributed by atoms with Gasteiger partial charge in [-0.1, -0.05) is 26.0 Å². The van der Waals surface area contributed by atoms with Gasteiger partial charge in [-0.2, -0.15) is 0 Å². The van der Waals surface area contributed by atoms with Crippen molar-refractivity contribution >= 4 is 22.8 Å². The fourth-order valence-electron chi connectivity index (χ4n) is 3.64. The van der Waals surface area contributed by atoms with Gasteiger partial charge in [0.2, 0.25) is 11.8 Å². The molecule has 1 aromatic heterocycles. The molecule has 1 saturated heterocycles. The normalized spacial score (nSPS) is 15.6. The summed E-state index contributed by atoms with van der Waals surface area (Å²) < 4.78 is 2.14. The number of fused-ring (bicyclic) bond motifs is 1. The second-order valence-corrected chi connectivity index (χ2v) is 7.34. The SMILES string of the molecule is Cc1nc2ccccc2n1CCNC(=O)C1CCN(C(=O)C(C)C)CC1. The van der Waals surface area contributed by atoms with Gasteiger partial charge in [0.05, 0.1) is 11.0 Å². The average Bonchev–Trinajstić information content (AvgIpc) is 2.96. The monoisotopic (exact) mass is 356 g/mol. The number of aromatic nitrogens is 2. The summed E-state index contributed by atoms with van der Waals surface area (Å²) in [5.41, 5.74) is 2.08. The Bertz CT molecular complexity index is 788. The largest absolute Gasteiger partial charge is 0.354 e. The fourth-order valence-corrected chi connectivity index (χ4v) is 3.64. The Labute approximate surface area is 154 Å². The zero-order valence-electron chi connectivity index (χ0n) is 15.9. The maximum absolute atomic E-state index is 12.4. The Morgan fingerprint density at radius 2 is 1.92 bits per heavy atom. The highest BCUT2D eigenvalue weighted by molar-refractivity contribution is 5.81. The van der Waals surface area contributed by atoms with Gasteiger partial charge in [-0.15, -0.1) is 0 Å². The van der Waals surface area contributed by atoms with Crippen LogP contribution in [0.2, 0.25) is 0 Å². The quantitative estimate of drug-likeness (QED) is 0.894. The maximum atomic E-state index is 12.4. The predicted octanol–water partition coefficient (Wildman–Crippen LogP) is 2.36. The maximum Gasteiger partial charge on any atom is 0.225 e. The predicted molar refractivity (Wildman–Crippen MR) is 102 cm³/mol. The molecule has 0 atom stereocenters. The first-order valence-electron chi connectivity index (χ1n) is 9.45. The number of para-hydroxylation sites is 2. The van der Waals surface area contributed by atoms with E-state index in [0.29, 0.717) is 26.2 Å². The Balaban J connectivity index is 1.49. The van der Waals surface area contributed by atoms with Gasteiger partial charge in [-0.3, -0.25) is 9.59 Å². The van der Waals surface area contributed by atoms with Crippen molar-refractivity contribution in [2.75, 3.05) is 19.6 Å². The van der Waals surface area contributed by atoms with Crippen LogP contribution in [0.15, 0.2) is 24.3 Å². The summed E-state index contributed by atoms with van der Waals surface area (Å²) in [7, 11) is 0. The molecule has 0 aliphatic carbocycles. The van der Waals surface area contributed by atoms with Gasteiger partial charge < -0.3 is 14.8 Å². The summed E-state index contributed by atoms with van der Waals surface area (Å²) >= 11 is 0. The first-order chi connectivity index (χ1) is 12.5. The highest BCUT2D eigenvalue weighted by Crippen LogP contribution is 2.19. The molecule has 2 heterocycles. The van der Waals surface area contributed by atoms with Crippen LogP contribution in [-0.2, 0) is 16.1 Å². The molecule has 1 aliphatic heterocycles. The second-order valence-electron chi connectivity index (χ2n) is 7.34. The molecule has 2 aromatic rings. The van der Waals surface area contributed by atoms with E-state index in [1.54, 1.807) is 0 Å². The minimum Gasteiger partial charge on any atom is -0.354 e. The Morgan fingerprint density at radius 3 is 2.62 bits per heavy atom. The van der Waals surface area contributed by atoms with Crippen LogP contribution in [0, 0.1) is 18.8 Å². The average molecular weight is 356 g/mol. The molecule has 0 radical (unpaired) electrons.